The SMILES string of the molecule is CC(C)c1ccc(OCC(=O)NNC(=O)COc2ccc(Br)cc2Cl)c(Br)c1. The summed E-state index contributed by atoms with van der Waals surface area (Å²) in [5.74, 6) is 0.256. The van der Waals surface area contributed by atoms with Crippen molar-refractivity contribution in [3.8, 4) is 11.5 Å². The molecular formula is C19H19Br2ClN2O4. The fourth-order valence-corrected chi connectivity index (χ4v) is 3.32. The Hall–Kier alpha value is -1.77. The monoisotopic (exact) mass is 532 g/mol. The molecule has 0 spiro atoms. The smallest absolute Gasteiger partial charge is 0.276 e. The second-order valence-electron chi connectivity index (χ2n) is 6.09. The van der Waals surface area contributed by atoms with Gasteiger partial charge in [0.1, 0.15) is 11.5 Å². The fraction of sp³-hybridized carbons (Fsp3) is 0.263. The van der Waals surface area contributed by atoms with Crippen LogP contribution in [0.5, 0.6) is 11.5 Å². The highest BCUT2D eigenvalue weighted by atomic mass is 79.9. The Morgan fingerprint density at radius 3 is 2.07 bits per heavy atom. The molecule has 0 heterocycles. The summed E-state index contributed by atoms with van der Waals surface area (Å²) in [7, 11) is 0. The zero-order valence-corrected chi connectivity index (χ0v) is 19.2. The minimum absolute atomic E-state index is 0.251. The van der Waals surface area contributed by atoms with E-state index in [1.807, 2.05) is 12.1 Å². The van der Waals surface area contributed by atoms with Crippen molar-refractivity contribution in [3.63, 3.8) is 0 Å². The average molecular weight is 535 g/mol. The lowest BCUT2D eigenvalue weighted by Crippen LogP contribution is -2.45. The van der Waals surface area contributed by atoms with Gasteiger partial charge in [-0.3, -0.25) is 20.4 Å². The van der Waals surface area contributed by atoms with Gasteiger partial charge < -0.3 is 9.47 Å². The van der Waals surface area contributed by atoms with Gasteiger partial charge in [-0.15, -0.1) is 0 Å². The summed E-state index contributed by atoms with van der Waals surface area (Å²) in [6, 6.07) is 10.7. The number of carbonyl (C=O) groups excluding carboxylic acids is 2. The molecule has 2 aromatic carbocycles. The van der Waals surface area contributed by atoms with Crippen LogP contribution in [0, 0.1) is 0 Å². The van der Waals surface area contributed by atoms with Gasteiger partial charge in [0.15, 0.2) is 13.2 Å². The number of carbonyl (C=O) groups is 2. The number of halogens is 3. The number of rotatable bonds is 7. The van der Waals surface area contributed by atoms with Crippen molar-refractivity contribution < 1.29 is 19.1 Å². The lowest BCUT2D eigenvalue weighted by molar-refractivity contribution is -0.131. The van der Waals surface area contributed by atoms with Crippen LogP contribution in [-0.2, 0) is 9.59 Å². The van der Waals surface area contributed by atoms with Crippen molar-refractivity contribution in [2.24, 2.45) is 0 Å². The molecule has 0 saturated carbocycles. The zero-order valence-electron chi connectivity index (χ0n) is 15.2. The van der Waals surface area contributed by atoms with E-state index in [1.54, 1.807) is 24.3 Å². The highest BCUT2D eigenvalue weighted by Crippen LogP contribution is 2.29. The Kier molecular flexibility index (Phi) is 8.59. The first-order valence-electron chi connectivity index (χ1n) is 8.34. The number of nitrogens with one attached hydrogen (secondary N) is 2. The number of hydrogen-bond donors (Lipinski definition) is 2. The van der Waals surface area contributed by atoms with Crippen LogP contribution in [0.3, 0.4) is 0 Å². The van der Waals surface area contributed by atoms with Crippen LogP contribution >= 0.6 is 43.5 Å². The van der Waals surface area contributed by atoms with Crippen molar-refractivity contribution in [1.82, 2.24) is 10.9 Å². The molecule has 0 saturated heterocycles. The fourth-order valence-electron chi connectivity index (χ4n) is 2.08. The molecule has 0 bridgehead atoms. The number of benzene rings is 2. The summed E-state index contributed by atoms with van der Waals surface area (Å²) in [6.45, 7) is 3.63. The molecule has 0 aliphatic carbocycles. The van der Waals surface area contributed by atoms with Crippen molar-refractivity contribution >= 4 is 55.3 Å². The summed E-state index contributed by atoms with van der Waals surface area (Å²) in [4.78, 5) is 23.6. The van der Waals surface area contributed by atoms with Gasteiger partial charge in [0, 0.05) is 4.47 Å². The minimum atomic E-state index is -0.533. The van der Waals surface area contributed by atoms with Crippen molar-refractivity contribution in [2.45, 2.75) is 19.8 Å². The maximum Gasteiger partial charge on any atom is 0.276 e. The average Bonchev–Trinajstić information content (AvgIpc) is 2.64. The van der Waals surface area contributed by atoms with Gasteiger partial charge in [-0.25, -0.2) is 0 Å². The molecule has 0 atom stereocenters. The highest BCUT2D eigenvalue weighted by Gasteiger charge is 2.10. The first-order valence-corrected chi connectivity index (χ1v) is 10.3. The number of ether oxygens (including phenoxy) is 2. The minimum Gasteiger partial charge on any atom is -0.483 e. The summed E-state index contributed by atoms with van der Waals surface area (Å²) in [5, 5.41) is 0.369. The maximum atomic E-state index is 11.8. The second-order valence-corrected chi connectivity index (χ2v) is 8.27. The van der Waals surface area contributed by atoms with Gasteiger partial charge in [-0.05, 0) is 57.7 Å². The van der Waals surface area contributed by atoms with Crippen LogP contribution in [0.2, 0.25) is 5.02 Å². The van der Waals surface area contributed by atoms with Crippen LogP contribution in [-0.4, -0.2) is 25.0 Å². The Bertz CT molecular complexity index is 862. The van der Waals surface area contributed by atoms with Crippen molar-refractivity contribution in [3.05, 3.63) is 55.9 Å². The van der Waals surface area contributed by atoms with E-state index in [0.717, 1.165) is 14.5 Å². The van der Waals surface area contributed by atoms with Gasteiger partial charge in [-0.1, -0.05) is 47.4 Å². The molecule has 6 nitrogen and oxygen atoms in total. The van der Waals surface area contributed by atoms with Crippen LogP contribution in [0.4, 0.5) is 0 Å². The number of hydrazine groups is 1. The van der Waals surface area contributed by atoms with Crippen LogP contribution < -0.4 is 20.3 Å². The Morgan fingerprint density at radius 2 is 1.54 bits per heavy atom. The third-order valence-corrected chi connectivity index (χ3v) is 4.98. The van der Waals surface area contributed by atoms with Crippen LogP contribution in [0.25, 0.3) is 0 Å². The van der Waals surface area contributed by atoms with E-state index in [0.29, 0.717) is 22.4 Å². The molecule has 0 fully saturated rings. The predicted molar refractivity (Wildman–Crippen MR) is 115 cm³/mol. The maximum absolute atomic E-state index is 11.8. The largest absolute Gasteiger partial charge is 0.483 e. The molecule has 2 rings (SSSR count). The molecule has 2 N–H and O–H groups in total. The van der Waals surface area contributed by atoms with Crippen LogP contribution in [0.1, 0.15) is 25.3 Å². The molecule has 0 radical (unpaired) electrons. The summed E-state index contributed by atoms with van der Waals surface area (Å²) < 4.78 is 12.3. The standard InChI is InChI=1S/C19H19Br2ClN2O4/c1-11(2)12-3-5-16(14(21)7-12)27-9-18(25)23-24-19(26)10-28-17-6-4-13(20)8-15(17)22/h3-8,11H,9-10H2,1-2H3,(H,23,25)(H,24,26). The summed E-state index contributed by atoms with van der Waals surface area (Å²) in [6.07, 6.45) is 0. The molecule has 150 valence electrons. The number of hydrogen-bond acceptors (Lipinski definition) is 4. The first kappa shape index (κ1) is 22.5. The highest BCUT2D eigenvalue weighted by molar-refractivity contribution is 9.10. The lowest BCUT2D eigenvalue weighted by Gasteiger charge is -2.12. The van der Waals surface area contributed by atoms with Gasteiger partial charge in [-0.2, -0.15) is 0 Å². The molecule has 0 aliphatic heterocycles. The second kappa shape index (κ2) is 10.7. The normalized spacial score (nSPS) is 10.5. The molecule has 0 aliphatic rings. The quantitative estimate of drug-likeness (QED) is 0.510. The molecule has 0 aromatic heterocycles. The molecule has 28 heavy (non-hydrogen) atoms. The van der Waals surface area contributed by atoms with E-state index in [-0.39, 0.29) is 13.2 Å². The van der Waals surface area contributed by atoms with Gasteiger partial charge in [0.25, 0.3) is 11.8 Å². The van der Waals surface area contributed by atoms with Gasteiger partial charge in [0.2, 0.25) is 0 Å². The third kappa shape index (κ3) is 7.00. The Balaban J connectivity index is 1.74. The van der Waals surface area contributed by atoms with E-state index in [9.17, 15) is 9.59 Å². The zero-order chi connectivity index (χ0) is 20.7. The Labute approximate surface area is 185 Å². The molecule has 2 amide bonds. The molecule has 0 unspecified atom stereocenters. The Morgan fingerprint density at radius 1 is 0.964 bits per heavy atom. The van der Waals surface area contributed by atoms with E-state index in [2.05, 4.69) is 56.6 Å². The molecule has 9 heteroatoms. The van der Waals surface area contributed by atoms with Gasteiger partial charge in [0.05, 0.1) is 9.50 Å². The molecule has 2 aromatic rings. The number of amides is 2. The lowest BCUT2D eigenvalue weighted by atomic mass is 10.0. The predicted octanol–water partition coefficient (Wildman–Crippen LogP) is 4.59. The van der Waals surface area contributed by atoms with Crippen molar-refractivity contribution in [1.29, 1.82) is 0 Å². The van der Waals surface area contributed by atoms with Crippen molar-refractivity contribution in [2.75, 3.05) is 13.2 Å². The summed E-state index contributed by atoms with van der Waals surface area (Å²) >= 11 is 12.7. The van der Waals surface area contributed by atoms with Gasteiger partial charge >= 0.3 is 0 Å². The molecular weight excluding hydrogens is 515 g/mol. The first-order chi connectivity index (χ1) is 13.3. The van der Waals surface area contributed by atoms with E-state index in [4.69, 9.17) is 21.1 Å². The van der Waals surface area contributed by atoms with Crippen LogP contribution in [0.15, 0.2) is 45.3 Å². The topological polar surface area (TPSA) is 76.7 Å². The van der Waals surface area contributed by atoms with E-state index in [1.165, 1.54) is 0 Å². The third-order valence-electron chi connectivity index (χ3n) is 3.58. The van der Waals surface area contributed by atoms with E-state index < -0.39 is 11.8 Å². The van der Waals surface area contributed by atoms with E-state index >= 15 is 0 Å². The summed E-state index contributed by atoms with van der Waals surface area (Å²) in [5.41, 5.74) is 5.67.